The van der Waals surface area contributed by atoms with Gasteiger partial charge >= 0.3 is 12.1 Å². The molecule has 0 saturated carbocycles. The number of carbonyl (C=O) groups is 1. The predicted octanol–water partition coefficient (Wildman–Crippen LogP) is 2.03. The highest BCUT2D eigenvalue weighted by molar-refractivity contribution is 5.74. The Morgan fingerprint density at radius 2 is 1.67 bits per heavy atom. The molecule has 0 bridgehead atoms. The van der Waals surface area contributed by atoms with Crippen LogP contribution in [0.2, 0.25) is 0 Å². The van der Waals surface area contributed by atoms with Gasteiger partial charge in [0.2, 0.25) is 0 Å². The van der Waals surface area contributed by atoms with Crippen LogP contribution in [0.3, 0.4) is 0 Å². The maximum atomic E-state index is 12.2. The second-order valence-corrected chi connectivity index (χ2v) is 4.57. The van der Waals surface area contributed by atoms with Crippen LogP contribution in [-0.4, -0.2) is 29.3 Å². The van der Waals surface area contributed by atoms with Gasteiger partial charge in [-0.2, -0.15) is 13.2 Å². The highest BCUT2D eigenvalue weighted by Crippen LogP contribution is 2.24. The van der Waals surface area contributed by atoms with Crippen molar-refractivity contribution >= 4 is 5.97 Å². The van der Waals surface area contributed by atoms with E-state index in [-0.39, 0.29) is 0 Å². The van der Waals surface area contributed by atoms with Crippen LogP contribution >= 0.6 is 0 Å². The summed E-state index contributed by atoms with van der Waals surface area (Å²) in [6.45, 7) is 5.62. The molecule has 0 aromatic heterocycles. The summed E-state index contributed by atoms with van der Waals surface area (Å²) in [7, 11) is 0. The minimum Gasteiger partial charge on any atom is -0.480 e. The van der Waals surface area contributed by atoms with Crippen molar-refractivity contribution in [2.45, 2.75) is 46.0 Å². The molecule has 0 amide bonds. The van der Waals surface area contributed by atoms with E-state index in [1.165, 1.54) is 0 Å². The van der Waals surface area contributed by atoms with Crippen LogP contribution in [0, 0.1) is 5.41 Å². The van der Waals surface area contributed by atoms with Crippen molar-refractivity contribution < 1.29 is 23.1 Å². The molecule has 0 aliphatic heterocycles. The predicted molar refractivity (Wildman–Crippen MR) is 49.5 cm³/mol. The van der Waals surface area contributed by atoms with Gasteiger partial charge in [0, 0.05) is 0 Å². The van der Waals surface area contributed by atoms with E-state index in [4.69, 9.17) is 5.11 Å². The van der Waals surface area contributed by atoms with E-state index in [9.17, 15) is 18.0 Å². The smallest absolute Gasteiger partial charge is 0.403 e. The van der Waals surface area contributed by atoms with Crippen LogP contribution in [0.15, 0.2) is 0 Å². The zero-order valence-electron chi connectivity index (χ0n) is 9.14. The molecule has 15 heavy (non-hydrogen) atoms. The number of alkyl halides is 3. The molecule has 0 saturated heterocycles. The number of rotatable bonds is 3. The Balaban J connectivity index is 4.65. The third-order valence-corrected chi connectivity index (χ3v) is 2.02. The maximum absolute atomic E-state index is 12.2. The molecule has 2 unspecified atom stereocenters. The largest absolute Gasteiger partial charge is 0.480 e. The molecule has 0 aliphatic carbocycles. The fraction of sp³-hybridized carbons (Fsp3) is 0.889. The van der Waals surface area contributed by atoms with Crippen LogP contribution < -0.4 is 5.32 Å². The van der Waals surface area contributed by atoms with Gasteiger partial charge in [0.15, 0.2) is 0 Å². The first-order chi connectivity index (χ1) is 6.46. The minimum absolute atomic E-state index is 0.772. The molecule has 3 nitrogen and oxygen atoms in total. The van der Waals surface area contributed by atoms with E-state index in [1.54, 1.807) is 20.8 Å². The Morgan fingerprint density at radius 3 is 1.87 bits per heavy atom. The Morgan fingerprint density at radius 1 is 1.27 bits per heavy atom. The number of nitrogens with one attached hydrogen (secondary N) is 1. The molecule has 2 atom stereocenters. The number of carboxylic acids is 1. The summed E-state index contributed by atoms with van der Waals surface area (Å²) in [6, 6.07) is -3.06. The molecular formula is C9H16F3NO2. The first-order valence-electron chi connectivity index (χ1n) is 4.52. The summed E-state index contributed by atoms with van der Waals surface area (Å²) in [5.74, 6) is -1.28. The van der Waals surface area contributed by atoms with Gasteiger partial charge in [-0.1, -0.05) is 20.8 Å². The zero-order chi connectivity index (χ0) is 12.4. The van der Waals surface area contributed by atoms with Crippen LogP contribution in [-0.2, 0) is 4.79 Å². The van der Waals surface area contributed by atoms with Crippen molar-refractivity contribution in [3.63, 3.8) is 0 Å². The molecule has 0 radical (unpaired) electrons. The number of halogens is 3. The lowest BCUT2D eigenvalue weighted by Crippen LogP contribution is -2.54. The molecule has 2 N–H and O–H groups in total. The first-order valence-corrected chi connectivity index (χ1v) is 4.52. The highest BCUT2D eigenvalue weighted by Gasteiger charge is 2.41. The van der Waals surface area contributed by atoms with Gasteiger partial charge < -0.3 is 5.11 Å². The Bertz CT molecular complexity index is 232. The summed E-state index contributed by atoms with van der Waals surface area (Å²) in [4.78, 5) is 10.8. The van der Waals surface area contributed by atoms with E-state index in [1.807, 2.05) is 0 Å². The minimum atomic E-state index is -4.43. The monoisotopic (exact) mass is 227 g/mol. The molecule has 0 rings (SSSR count). The van der Waals surface area contributed by atoms with Crippen molar-refractivity contribution in [1.29, 1.82) is 0 Å². The average Bonchev–Trinajstić information content (AvgIpc) is 1.94. The van der Waals surface area contributed by atoms with Crippen molar-refractivity contribution in [2.24, 2.45) is 5.41 Å². The normalized spacial score (nSPS) is 17.3. The van der Waals surface area contributed by atoms with Gasteiger partial charge in [-0.05, 0) is 12.3 Å². The van der Waals surface area contributed by atoms with E-state index in [0.717, 1.165) is 6.92 Å². The number of aliphatic carboxylic acids is 1. The fourth-order valence-electron chi connectivity index (χ4n) is 1.04. The van der Waals surface area contributed by atoms with Crippen molar-refractivity contribution in [2.75, 3.05) is 0 Å². The molecule has 90 valence electrons. The number of hydrogen-bond donors (Lipinski definition) is 2. The summed E-state index contributed by atoms with van der Waals surface area (Å²) in [5, 5.41) is 10.9. The van der Waals surface area contributed by atoms with Crippen molar-refractivity contribution in [3.05, 3.63) is 0 Å². The van der Waals surface area contributed by atoms with Crippen LogP contribution in [0.1, 0.15) is 27.7 Å². The molecule has 0 aromatic rings. The van der Waals surface area contributed by atoms with Gasteiger partial charge in [0.1, 0.15) is 12.1 Å². The molecule has 0 heterocycles. The fourth-order valence-corrected chi connectivity index (χ4v) is 1.04. The third-order valence-electron chi connectivity index (χ3n) is 2.02. The molecule has 0 spiro atoms. The topological polar surface area (TPSA) is 49.3 Å². The molecule has 0 fully saturated rings. The second kappa shape index (κ2) is 4.38. The SMILES string of the molecule is CC(NC(C(=O)O)C(C)(C)C)C(F)(F)F. The van der Waals surface area contributed by atoms with Crippen molar-refractivity contribution in [1.82, 2.24) is 5.32 Å². The van der Waals surface area contributed by atoms with Gasteiger partial charge in [-0.25, -0.2) is 0 Å². The molecule has 6 heteroatoms. The Labute approximate surface area is 86.7 Å². The lowest BCUT2D eigenvalue weighted by molar-refractivity contribution is -0.160. The van der Waals surface area contributed by atoms with E-state index < -0.39 is 29.6 Å². The number of carboxylic acid groups (broad SMARTS) is 1. The summed E-state index contributed by atoms with van der Waals surface area (Å²) in [6.07, 6.45) is -4.43. The van der Waals surface area contributed by atoms with E-state index in [2.05, 4.69) is 5.32 Å². The third kappa shape index (κ3) is 4.51. The molecular weight excluding hydrogens is 211 g/mol. The van der Waals surface area contributed by atoms with E-state index in [0.29, 0.717) is 0 Å². The maximum Gasteiger partial charge on any atom is 0.403 e. The van der Waals surface area contributed by atoms with Crippen molar-refractivity contribution in [3.8, 4) is 0 Å². The average molecular weight is 227 g/mol. The lowest BCUT2D eigenvalue weighted by Gasteiger charge is -2.31. The van der Waals surface area contributed by atoms with Gasteiger partial charge in [-0.15, -0.1) is 0 Å². The van der Waals surface area contributed by atoms with Crippen LogP contribution in [0.4, 0.5) is 13.2 Å². The van der Waals surface area contributed by atoms with Gasteiger partial charge in [0.25, 0.3) is 0 Å². The second-order valence-electron chi connectivity index (χ2n) is 4.57. The van der Waals surface area contributed by atoms with Crippen LogP contribution in [0.25, 0.3) is 0 Å². The quantitative estimate of drug-likeness (QED) is 0.775. The highest BCUT2D eigenvalue weighted by atomic mass is 19.4. The van der Waals surface area contributed by atoms with E-state index >= 15 is 0 Å². The zero-order valence-corrected chi connectivity index (χ0v) is 9.14. The van der Waals surface area contributed by atoms with Gasteiger partial charge in [-0.3, -0.25) is 10.1 Å². The molecule has 0 aromatic carbocycles. The Hall–Kier alpha value is -0.780. The van der Waals surface area contributed by atoms with Gasteiger partial charge in [0.05, 0.1) is 0 Å². The summed E-state index contributed by atoms with van der Waals surface area (Å²) in [5.41, 5.74) is -0.772. The van der Waals surface area contributed by atoms with Crippen LogP contribution in [0.5, 0.6) is 0 Å². The Kier molecular flexibility index (Phi) is 4.16. The number of hydrogen-bond acceptors (Lipinski definition) is 2. The summed E-state index contributed by atoms with van der Waals surface area (Å²) < 4.78 is 36.6. The molecule has 0 aliphatic rings. The lowest BCUT2D eigenvalue weighted by atomic mass is 9.86. The standard InChI is InChI=1S/C9H16F3NO2/c1-5(9(10,11)12)13-6(7(14)15)8(2,3)4/h5-6,13H,1-4H3,(H,14,15). The first kappa shape index (κ1) is 14.2. The summed E-state index contributed by atoms with van der Waals surface area (Å²) >= 11 is 0.